The molecule has 0 bridgehead atoms. The minimum Gasteiger partial charge on any atom is -0.483 e. The monoisotopic (exact) mass is 291 g/mol. The normalized spacial score (nSPS) is 10.9. The van der Waals surface area contributed by atoms with E-state index in [1.54, 1.807) is 0 Å². The first kappa shape index (κ1) is 15.8. The fourth-order valence-electron chi connectivity index (χ4n) is 1.33. The number of alkyl halides is 3. The van der Waals surface area contributed by atoms with E-state index in [0.717, 1.165) is 12.1 Å². The minimum atomic E-state index is -4.57. The van der Waals surface area contributed by atoms with Crippen LogP contribution in [0.1, 0.15) is 12.0 Å². The molecule has 0 aliphatic heterocycles. The predicted octanol–water partition coefficient (Wildman–Crippen LogP) is 1.68. The van der Waals surface area contributed by atoms with Crippen molar-refractivity contribution in [2.75, 3.05) is 13.2 Å². The molecule has 2 N–H and O–H groups in total. The summed E-state index contributed by atoms with van der Waals surface area (Å²) < 4.78 is 42.7. The topological polar surface area (TPSA) is 75.6 Å². The molecule has 0 saturated carbocycles. The number of halogens is 3. The van der Waals surface area contributed by atoms with Crippen molar-refractivity contribution in [2.45, 2.75) is 12.6 Å². The van der Waals surface area contributed by atoms with Gasteiger partial charge in [0.05, 0.1) is 12.0 Å². The Hall–Kier alpha value is -2.25. The number of carbonyl (C=O) groups is 2. The predicted molar refractivity (Wildman–Crippen MR) is 62.2 cm³/mol. The van der Waals surface area contributed by atoms with Crippen molar-refractivity contribution in [1.82, 2.24) is 5.32 Å². The zero-order chi connectivity index (χ0) is 15.2. The second-order valence-electron chi connectivity index (χ2n) is 3.78. The van der Waals surface area contributed by atoms with E-state index in [0.29, 0.717) is 0 Å². The van der Waals surface area contributed by atoms with Crippen LogP contribution >= 0.6 is 0 Å². The molecule has 0 fully saturated rings. The van der Waals surface area contributed by atoms with Gasteiger partial charge in [-0.15, -0.1) is 0 Å². The molecule has 0 saturated heterocycles. The van der Waals surface area contributed by atoms with Crippen LogP contribution in [-0.2, 0) is 15.8 Å². The number of carboxylic acids is 1. The van der Waals surface area contributed by atoms with Crippen LogP contribution in [-0.4, -0.2) is 30.1 Å². The van der Waals surface area contributed by atoms with Gasteiger partial charge in [0.25, 0.3) is 5.91 Å². The number of nitrogens with one attached hydrogen (secondary N) is 1. The number of carboxylic acid groups (broad SMARTS) is 1. The van der Waals surface area contributed by atoms with Gasteiger partial charge in [0.1, 0.15) is 5.75 Å². The first-order valence-corrected chi connectivity index (χ1v) is 5.58. The van der Waals surface area contributed by atoms with Crippen LogP contribution in [0.4, 0.5) is 13.2 Å². The van der Waals surface area contributed by atoms with E-state index in [4.69, 9.17) is 9.84 Å². The molecule has 0 unspecified atom stereocenters. The lowest BCUT2D eigenvalue weighted by Gasteiger charge is -2.13. The van der Waals surface area contributed by atoms with Crippen LogP contribution in [0.25, 0.3) is 0 Å². The van der Waals surface area contributed by atoms with Gasteiger partial charge in [0.2, 0.25) is 0 Å². The fraction of sp³-hybridized carbons (Fsp3) is 0.333. The second-order valence-corrected chi connectivity index (χ2v) is 3.78. The maximum Gasteiger partial charge on any atom is 0.419 e. The Labute approximate surface area is 112 Å². The van der Waals surface area contributed by atoms with Gasteiger partial charge in [-0.25, -0.2) is 0 Å². The van der Waals surface area contributed by atoms with E-state index in [9.17, 15) is 22.8 Å². The average molecular weight is 291 g/mol. The van der Waals surface area contributed by atoms with E-state index in [1.165, 1.54) is 12.1 Å². The summed E-state index contributed by atoms with van der Waals surface area (Å²) in [7, 11) is 0. The third kappa shape index (κ3) is 5.17. The Morgan fingerprint density at radius 2 is 1.90 bits per heavy atom. The molecule has 1 aromatic carbocycles. The lowest BCUT2D eigenvalue weighted by molar-refractivity contribution is -0.140. The Bertz CT molecular complexity index is 488. The smallest absolute Gasteiger partial charge is 0.419 e. The molecule has 0 spiro atoms. The SMILES string of the molecule is O=C(O)CCNC(=O)COc1ccccc1C(F)(F)F. The highest BCUT2D eigenvalue weighted by Gasteiger charge is 2.34. The summed E-state index contributed by atoms with van der Waals surface area (Å²) in [6.07, 6.45) is -4.85. The number of rotatable bonds is 6. The number of hydrogen-bond donors (Lipinski definition) is 2. The summed E-state index contributed by atoms with van der Waals surface area (Å²) in [4.78, 5) is 21.5. The Balaban J connectivity index is 2.54. The standard InChI is InChI=1S/C12H12F3NO4/c13-12(14,15)8-3-1-2-4-9(8)20-7-10(17)16-6-5-11(18)19/h1-4H,5-7H2,(H,16,17)(H,18,19). The van der Waals surface area contributed by atoms with Gasteiger partial charge in [-0.05, 0) is 12.1 Å². The van der Waals surface area contributed by atoms with Crippen molar-refractivity contribution in [3.05, 3.63) is 29.8 Å². The number of ether oxygens (including phenoxy) is 1. The van der Waals surface area contributed by atoms with Crippen molar-refractivity contribution >= 4 is 11.9 Å². The van der Waals surface area contributed by atoms with Gasteiger partial charge < -0.3 is 15.2 Å². The second kappa shape index (κ2) is 6.78. The number of amides is 1. The van der Waals surface area contributed by atoms with Gasteiger partial charge >= 0.3 is 12.1 Å². The van der Waals surface area contributed by atoms with Gasteiger partial charge in [-0.2, -0.15) is 13.2 Å². The Morgan fingerprint density at radius 3 is 2.50 bits per heavy atom. The quantitative estimate of drug-likeness (QED) is 0.836. The molecule has 1 amide bonds. The molecule has 0 aliphatic rings. The highest BCUT2D eigenvalue weighted by atomic mass is 19.4. The van der Waals surface area contributed by atoms with Crippen molar-refractivity contribution < 1.29 is 32.6 Å². The Morgan fingerprint density at radius 1 is 1.25 bits per heavy atom. The van der Waals surface area contributed by atoms with Gasteiger partial charge in [0.15, 0.2) is 6.61 Å². The zero-order valence-corrected chi connectivity index (χ0v) is 10.2. The molecule has 0 aromatic heterocycles. The van der Waals surface area contributed by atoms with E-state index < -0.39 is 36.0 Å². The van der Waals surface area contributed by atoms with E-state index in [-0.39, 0.29) is 13.0 Å². The van der Waals surface area contributed by atoms with Gasteiger partial charge in [-0.3, -0.25) is 9.59 Å². The molecular weight excluding hydrogens is 279 g/mol. The lowest BCUT2D eigenvalue weighted by Crippen LogP contribution is -2.31. The molecule has 20 heavy (non-hydrogen) atoms. The van der Waals surface area contributed by atoms with E-state index in [1.807, 2.05) is 0 Å². The van der Waals surface area contributed by atoms with Crippen LogP contribution < -0.4 is 10.1 Å². The zero-order valence-electron chi connectivity index (χ0n) is 10.2. The number of para-hydroxylation sites is 1. The summed E-state index contributed by atoms with van der Waals surface area (Å²) in [5.74, 6) is -2.23. The minimum absolute atomic E-state index is 0.113. The summed E-state index contributed by atoms with van der Waals surface area (Å²) in [5, 5.41) is 10.6. The van der Waals surface area contributed by atoms with Crippen LogP contribution in [0.3, 0.4) is 0 Å². The van der Waals surface area contributed by atoms with Gasteiger partial charge in [0, 0.05) is 6.54 Å². The van der Waals surface area contributed by atoms with E-state index >= 15 is 0 Å². The average Bonchev–Trinajstić information content (AvgIpc) is 2.35. The third-order valence-corrected chi connectivity index (χ3v) is 2.21. The molecule has 0 atom stereocenters. The molecule has 0 radical (unpaired) electrons. The highest BCUT2D eigenvalue weighted by Crippen LogP contribution is 2.35. The molecule has 8 heteroatoms. The van der Waals surface area contributed by atoms with Crippen LogP contribution in [0, 0.1) is 0 Å². The van der Waals surface area contributed by atoms with Crippen molar-refractivity contribution in [3.63, 3.8) is 0 Å². The molecule has 110 valence electrons. The molecule has 0 aliphatic carbocycles. The lowest BCUT2D eigenvalue weighted by atomic mass is 10.2. The Kier molecular flexibility index (Phi) is 5.36. The van der Waals surface area contributed by atoms with Crippen LogP contribution in [0.15, 0.2) is 24.3 Å². The molecular formula is C12H12F3NO4. The van der Waals surface area contributed by atoms with Crippen LogP contribution in [0.2, 0.25) is 0 Å². The molecule has 5 nitrogen and oxygen atoms in total. The number of aliphatic carboxylic acids is 1. The largest absolute Gasteiger partial charge is 0.483 e. The van der Waals surface area contributed by atoms with Gasteiger partial charge in [-0.1, -0.05) is 12.1 Å². The number of benzene rings is 1. The van der Waals surface area contributed by atoms with Crippen LogP contribution in [0.5, 0.6) is 5.75 Å². The summed E-state index contributed by atoms with van der Waals surface area (Å²) in [5.41, 5.74) is -0.974. The van der Waals surface area contributed by atoms with Crippen molar-refractivity contribution in [3.8, 4) is 5.75 Å². The van der Waals surface area contributed by atoms with Crippen molar-refractivity contribution in [2.24, 2.45) is 0 Å². The molecule has 1 aromatic rings. The summed E-state index contributed by atoms with van der Waals surface area (Å²) in [6, 6.07) is 4.51. The summed E-state index contributed by atoms with van der Waals surface area (Å²) in [6.45, 7) is -0.731. The molecule has 1 rings (SSSR count). The first-order chi connectivity index (χ1) is 9.30. The maximum absolute atomic E-state index is 12.6. The number of carbonyl (C=O) groups excluding carboxylic acids is 1. The van der Waals surface area contributed by atoms with Crippen molar-refractivity contribution in [1.29, 1.82) is 0 Å². The first-order valence-electron chi connectivity index (χ1n) is 5.58. The third-order valence-electron chi connectivity index (χ3n) is 2.21. The maximum atomic E-state index is 12.6. The highest BCUT2D eigenvalue weighted by molar-refractivity contribution is 5.78. The molecule has 0 heterocycles. The summed E-state index contributed by atoms with van der Waals surface area (Å²) >= 11 is 0. The van der Waals surface area contributed by atoms with E-state index in [2.05, 4.69) is 5.32 Å². The number of hydrogen-bond acceptors (Lipinski definition) is 3. The fourth-order valence-corrected chi connectivity index (χ4v) is 1.33.